The Bertz CT molecular complexity index is 273. The van der Waals surface area contributed by atoms with Crippen LogP contribution in [-0.4, -0.2) is 79.9 Å². The Morgan fingerprint density at radius 3 is 2.52 bits per heavy atom. The zero-order valence-corrected chi connectivity index (χ0v) is 12.0. The first kappa shape index (κ1) is 21.3. The molecule has 5 N–H and O–H groups in total. The minimum atomic E-state index is -1.11. The Labute approximate surface area is 130 Å². The molecular formula is C10H22O9S2. The Kier molecular flexibility index (Phi) is 11.1. The summed E-state index contributed by atoms with van der Waals surface area (Å²) in [5.74, 6) is 0.387. The first-order valence-electron chi connectivity index (χ1n) is 5.76. The van der Waals surface area contributed by atoms with Crippen LogP contribution in [0.15, 0.2) is 0 Å². The van der Waals surface area contributed by atoms with Gasteiger partial charge in [-0.05, 0) is 0 Å². The number of hydrogen-bond donors (Lipinski definition) is 5. The van der Waals surface area contributed by atoms with Crippen molar-refractivity contribution in [1.82, 2.24) is 0 Å². The van der Waals surface area contributed by atoms with E-state index in [9.17, 15) is 25.7 Å². The van der Waals surface area contributed by atoms with Gasteiger partial charge in [0.15, 0.2) is 17.6 Å². The maximum atomic E-state index is 9.94. The summed E-state index contributed by atoms with van der Waals surface area (Å²) in [6.07, 6.45) is -4.12. The van der Waals surface area contributed by atoms with Gasteiger partial charge in [-0.2, -0.15) is 0 Å². The van der Waals surface area contributed by atoms with Crippen LogP contribution in [0.4, 0.5) is 0 Å². The Morgan fingerprint density at radius 2 is 2.00 bits per heavy atom. The van der Waals surface area contributed by atoms with Gasteiger partial charge in [0.1, 0.15) is 35.9 Å². The third-order valence-corrected chi connectivity index (χ3v) is 6.24. The molecule has 0 radical (unpaired) electrons. The molecule has 0 aliphatic carbocycles. The maximum absolute atomic E-state index is 9.94. The van der Waals surface area contributed by atoms with Crippen LogP contribution in [0.5, 0.6) is 0 Å². The molecule has 128 valence electrons. The topological polar surface area (TPSA) is 152 Å². The number of aliphatic hydroxyl groups is 5. The lowest BCUT2D eigenvalue weighted by molar-refractivity contribution is -0.777. The van der Waals surface area contributed by atoms with Gasteiger partial charge in [-0.3, -0.25) is 9.22 Å². The van der Waals surface area contributed by atoms with E-state index in [0.29, 0.717) is 0 Å². The fraction of sp³-hybridized carbons (Fsp3) is 1.00. The largest absolute Gasteiger partial charge is 0.691 e. The van der Waals surface area contributed by atoms with E-state index in [-0.39, 0.29) is 37.9 Å². The van der Waals surface area contributed by atoms with Gasteiger partial charge >= 0.3 is 0 Å². The van der Waals surface area contributed by atoms with Gasteiger partial charge < -0.3 is 30.8 Å². The standard InChI is InChI=1S/C9H18O9S2.CH4/c10-1-7(16-19-18-17-15)5(12)3-20-4-6(13)9(14)8(20)2-11;/h5-14H,1-4H2;1H4/t5-,6-,7+,8-,9+,20?;/m1./s1. The van der Waals surface area contributed by atoms with E-state index in [2.05, 4.69) is 9.37 Å². The predicted octanol–water partition coefficient (Wildman–Crippen LogP) is -3.14. The highest BCUT2D eigenvalue weighted by Gasteiger charge is 2.50. The number of aliphatic hydroxyl groups excluding tert-OH is 5. The summed E-state index contributed by atoms with van der Waals surface area (Å²) in [6.45, 7) is -0.830. The van der Waals surface area contributed by atoms with E-state index in [0.717, 1.165) is 0 Å². The third-order valence-electron chi connectivity index (χ3n) is 2.98. The molecule has 6 atom stereocenters. The first-order valence-corrected chi connectivity index (χ1v) is 8.05. The summed E-state index contributed by atoms with van der Waals surface area (Å²) in [7, 11) is -0.619. The third kappa shape index (κ3) is 6.15. The molecular weight excluding hydrogens is 328 g/mol. The summed E-state index contributed by atoms with van der Waals surface area (Å²) in [6, 6.07) is 0. The molecule has 1 heterocycles. The Balaban J connectivity index is 0.00000400. The van der Waals surface area contributed by atoms with E-state index in [1.54, 1.807) is 0 Å². The summed E-state index contributed by atoms with van der Waals surface area (Å²) < 4.78 is 8.67. The van der Waals surface area contributed by atoms with Crippen LogP contribution in [0, 0.1) is 0 Å². The van der Waals surface area contributed by atoms with Crippen LogP contribution in [0.3, 0.4) is 0 Å². The molecule has 1 fully saturated rings. The van der Waals surface area contributed by atoms with Gasteiger partial charge in [-0.25, -0.2) is 0 Å². The highest BCUT2D eigenvalue weighted by Crippen LogP contribution is 2.25. The molecule has 0 amide bonds. The summed E-state index contributed by atoms with van der Waals surface area (Å²) in [4.78, 5) is 0. The Hall–Kier alpha value is 0.340. The van der Waals surface area contributed by atoms with Crippen molar-refractivity contribution in [2.24, 2.45) is 0 Å². The second-order valence-electron chi connectivity index (χ2n) is 4.24. The predicted molar refractivity (Wildman–Crippen MR) is 74.4 cm³/mol. The zero-order valence-electron chi connectivity index (χ0n) is 10.4. The maximum Gasteiger partial charge on any atom is 0.194 e. The van der Waals surface area contributed by atoms with Gasteiger partial charge in [0, 0.05) is 10.9 Å². The van der Waals surface area contributed by atoms with Gasteiger partial charge in [0.05, 0.1) is 13.2 Å². The molecule has 0 spiro atoms. The molecule has 1 aliphatic rings. The van der Waals surface area contributed by atoms with Crippen molar-refractivity contribution in [3.8, 4) is 0 Å². The van der Waals surface area contributed by atoms with E-state index in [4.69, 9.17) is 9.29 Å². The van der Waals surface area contributed by atoms with E-state index in [1.165, 1.54) is 0 Å². The van der Waals surface area contributed by atoms with E-state index in [1.807, 2.05) is 0 Å². The molecule has 1 unspecified atom stereocenters. The monoisotopic (exact) mass is 350 g/mol. The highest BCUT2D eigenvalue weighted by atomic mass is 32.2. The number of rotatable bonds is 9. The van der Waals surface area contributed by atoms with Crippen molar-refractivity contribution in [1.29, 1.82) is 0 Å². The molecule has 21 heavy (non-hydrogen) atoms. The van der Waals surface area contributed by atoms with Crippen molar-refractivity contribution in [2.45, 2.75) is 37.1 Å². The van der Waals surface area contributed by atoms with Crippen molar-refractivity contribution in [2.75, 3.05) is 24.7 Å². The average molecular weight is 350 g/mol. The summed E-state index contributed by atoms with van der Waals surface area (Å²) >= 11 is 0.180. The minimum absolute atomic E-state index is 0. The highest BCUT2D eigenvalue weighted by molar-refractivity contribution is 7.97. The fourth-order valence-corrected chi connectivity index (χ4v) is 4.96. The van der Waals surface area contributed by atoms with Crippen LogP contribution >= 0.6 is 12.3 Å². The Morgan fingerprint density at radius 1 is 1.33 bits per heavy atom. The second kappa shape index (κ2) is 11.0. The van der Waals surface area contributed by atoms with Crippen molar-refractivity contribution < 1.29 is 44.3 Å². The second-order valence-corrected chi connectivity index (χ2v) is 7.05. The minimum Gasteiger partial charge on any atom is -0.691 e. The first-order chi connectivity index (χ1) is 9.54. The van der Waals surface area contributed by atoms with Gasteiger partial charge in [-0.1, -0.05) is 7.43 Å². The van der Waals surface area contributed by atoms with E-state index < -0.39 is 47.2 Å². The molecule has 11 heteroatoms. The molecule has 0 aromatic rings. The van der Waals surface area contributed by atoms with Gasteiger partial charge in [-0.15, -0.1) is 4.33 Å². The molecule has 1 aliphatic heterocycles. The smallest absolute Gasteiger partial charge is 0.194 e. The normalized spacial score (nSPS) is 31.7. The summed E-state index contributed by atoms with van der Waals surface area (Å²) in [5, 5.41) is 59.5. The summed E-state index contributed by atoms with van der Waals surface area (Å²) in [5.41, 5.74) is 0. The lowest BCUT2D eigenvalue weighted by atomic mass is 10.2. The zero-order chi connectivity index (χ0) is 15.1. The van der Waals surface area contributed by atoms with Crippen LogP contribution in [0.1, 0.15) is 7.43 Å². The van der Waals surface area contributed by atoms with Crippen molar-refractivity contribution in [3.63, 3.8) is 0 Å². The van der Waals surface area contributed by atoms with Crippen LogP contribution in [0.25, 0.3) is 0 Å². The molecule has 0 aromatic carbocycles. The fourth-order valence-electron chi connectivity index (χ4n) is 1.91. The van der Waals surface area contributed by atoms with Crippen LogP contribution < -0.4 is 5.26 Å². The quantitative estimate of drug-likeness (QED) is 0.0948. The van der Waals surface area contributed by atoms with E-state index >= 15 is 0 Å². The van der Waals surface area contributed by atoms with Crippen molar-refractivity contribution in [3.05, 3.63) is 0 Å². The van der Waals surface area contributed by atoms with Crippen LogP contribution in [-0.2, 0) is 24.5 Å². The molecule has 0 saturated carbocycles. The molecule has 0 aromatic heterocycles. The molecule has 1 rings (SSSR count). The SMILES string of the molecule is C.[O-]OOSO[C@@H](CO)[C@H](O)C[S+]1C[C@@H](O)[C@H](O)[C@H]1CO. The van der Waals surface area contributed by atoms with Crippen molar-refractivity contribution >= 4 is 23.2 Å². The molecule has 0 bridgehead atoms. The van der Waals surface area contributed by atoms with Crippen LogP contribution in [0.2, 0.25) is 0 Å². The lowest BCUT2D eigenvalue weighted by Crippen LogP contribution is -2.41. The number of hydrogen-bond acceptors (Lipinski definition) is 10. The average Bonchev–Trinajstić information content (AvgIpc) is 2.69. The van der Waals surface area contributed by atoms with Gasteiger partial charge in [0.25, 0.3) is 0 Å². The lowest BCUT2D eigenvalue weighted by Gasteiger charge is -2.20. The molecule has 1 saturated heterocycles. The molecule has 9 nitrogen and oxygen atoms in total. The van der Waals surface area contributed by atoms with Gasteiger partial charge in [0.2, 0.25) is 0 Å².